The Hall–Kier alpha value is -2.83. The van der Waals surface area contributed by atoms with Gasteiger partial charge in [-0.25, -0.2) is 0 Å². The molecule has 0 bridgehead atoms. The number of rotatable bonds is 6. The number of carbonyl (C=O) groups is 2. The van der Waals surface area contributed by atoms with E-state index in [1.54, 1.807) is 25.1 Å². The summed E-state index contributed by atoms with van der Waals surface area (Å²) in [6, 6.07) is 6.26. The Labute approximate surface area is 120 Å². The van der Waals surface area contributed by atoms with Crippen LogP contribution in [0.15, 0.2) is 28.8 Å². The van der Waals surface area contributed by atoms with Gasteiger partial charge >= 0.3 is 0 Å². The number of benzene rings is 1. The average Bonchev–Trinajstić information content (AvgIpc) is 2.90. The van der Waals surface area contributed by atoms with Gasteiger partial charge in [0.2, 0.25) is 0 Å². The molecule has 21 heavy (non-hydrogen) atoms. The molecule has 1 aromatic heterocycles. The molecule has 1 N–H and O–H groups in total. The van der Waals surface area contributed by atoms with Crippen molar-refractivity contribution in [1.82, 2.24) is 5.16 Å². The molecule has 1 amide bonds. The second kappa shape index (κ2) is 6.56. The van der Waals surface area contributed by atoms with E-state index in [0.717, 1.165) is 0 Å². The predicted molar refractivity (Wildman–Crippen MR) is 73.7 cm³/mol. The van der Waals surface area contributed by atoms with Crippen LogP contribution in [0.3, 0.4) is 0 Å². The van der Waals surface area contributed by atoms with Crippen LogP contribution in [0.25, 0.3) is 0 Å². The van der Waals surface area contributed by atoms with E-state index < -0.39 is 0 Å². The number of nitrogens with zero attached hydrogens (tertiary/aromatic N) is 1. The van der Waals surface area contributed by atoms with Crippen LogP contribution in [-0.4, -0.2) is 31.1 Å². The van der Waals surface area contributed by atoms with Crippen LogP contribution in [0, 0.1) is 6.92 Å². The zero-order valence-electron chi connectivity index (χ0n) is 11.6. The summed E-state index contributed by atoms with van der Waals surface area (Å²) in [4.78, 5) is 22.4. The highest BCUT2D eigenvalue weighted by molar-refractivity contribution is 5.91. The molecule has 0 spiro atoms. The van der Waals surface area contributed by atoms with Gasteiger partial charge in [-0.2, -0.15) is 0 Å². The maximum absolute atomic E-state index is 11.7. The van der Waals surface area contributed by atoms with Crippen molar-refractivity contribution in [1.29, 1.82) is 0 Å². The molecule has 0 radical (unpaired) electrons. The molecule has 1 heterocycles. The summed E-state index contributed by atoms with van der Waals surface area (Å²) in [5.41, 5.74) is 0.460. The molecule has 0 saturated carbocycles. The van der Waals surface area contributed by atoms with Gasteiger partial charge in [-0.1, -0.05) is 5.16 Å². The van der Waals surface area contributed by atoms with Gasteiger partial charge in [0.25, 0.3) is 5.91 Å². The van der Waals surface area contributed by atoms with Gasteiger partial charge in [0, 0.05) is 11.6 Å². The number of aromatic nitrogens is 1. The number of aldehydes is 1. The zero-order valence-corrected chi connectivity index (χ0v) is 11.6. The highest BCUT2D eigenvalue weighted by Crippen LogP contribution is 2.27. The van der Waals surface area contributed by atoms with Gasteiger partial charge in [0.05, 0.1) is 7.11 Å². The van der Waals surface area contributed by atoms with Crippen LogP contribution >= 0.6 is 0 Å². The topological polar surface area (TPSA) is 90.7 Å². The van der Waals surface area contributed by atoms with Gasteiger partial charge in [-0.05, 0) is 25.1 Å². The first-order valence-corrected chi connectivity index (χ1v) is 6.11. The van der Waals surface area contributed by atoms with Crippen molar-refractivity contribution < 1.29 is 23.6 Å². The van der Waals surface area contributed by atoms with E-state index in [1.165, 1.54) is 13.2 Å². The number of hydrogen-bond donors (Lipinski definition) is 1. The zero-order chi connectivity index (χ0) is 15.2. The number of aryl methyl sites for hydroxylation is 1. The molecule has 0 atom stereocenters. The van der Waals surface area contributed by atoms with E-state index >= 15 is 0 Å². The molecule has 2 aromatic rings. The molecule has 110 valence electrons. The number of anilines is 1. The minimum atomic E-state index is -0.384. The maximum atomic E-state index is 11.7. The largest absolute Gasteiger partial charge is 0.493 e. The lowest BCUT2D eigenvalue weighted by molar-refractivity contribution is -0.118. The van der Waals surface area contributed by atoms with Crippen molar-refractivity contribution in [3.63, 3.8) is 0 Å². The molecule has 0 aliphatic carbocycles. The summed E-state index contributed by atoms with van der Waals surface area (Å²) in [6.45, 7) is 1.50. The number of methoxy groups -OCH3 is 1. The van der Waals surface area contributed by atoms with E-state index in [0.29, 0.717) is 34.9 Å². The van der Waals surface area contributed by atoms with E-state index in [1.807, 2.05) is 0 Å². The van der Waals surface area contributed by atoms with Gasteiger partial charge in [0.1, 0.15) is 12.0 Å². The molecule has 0 saturated heterocycles. The van der Waals surface area contributed by atoms with E-state index in [9.17, 15) is 9.59 Å². The van der Waals surface area contributed by atoms with Crippen LogP contribution in [-0.2, 0) is 4.79 Å². The van der Waals surface area contributed by atoms with Gasteiger partial charge in [-0.3, -0.25) is 9.59 Å². The van der Waals surface area contributed by atoms with Crippen LogP contribution in [0.5, 0.6) is 11.5 Å². The number of hydrogen-bond acceptors (Lipinski definition) is 6. The Kier molecular flexibility index (Phi) is 4.55. The van der Waals surface area contributed by atoms with Crippen LogP contribution in [0.2, 0.25) is 0 Å². The van der Waals surface area contributed by atoms with Crippen molar-refractivity contribution in [3.8, 4) is 11.5 Å². The van der Waals surface area contributed by atoms with E-state index in [4.69, 9.17) is 14.0 Å². The fourth-order valence-corrected chi connectivity index (χ4v) is 1.62. The number of amides is 1. The Morgan fingerprint density at radius 3 is 2.81 bits per heavy atom. The number of ether oxygens (including phenoxy) is 2. The molecule has 0 aliphatic heterocycles. The lowest BCUT2D eigenvalue weighted by Crippen LogP contribution is -2.20. The van der Waals surface area contributed by atoms with E-state index in [-0.39, 0.29) is 12.5 Å². The highest BCUT2D eigenvalue weighted by atomic mass is 16.5. The summed E-state index contributed by atoms with van der Waals surface area (Å²) < 4.78 is 15.3. The lowest BCUT2D eigenvalue weighted by Gasteiger charge is -2.10. The highest BCUT2D eigenvalue weighted by Gasteiger charge is 2.10. The third-order valence-corrected chi connectivity index (χ3v) is 2.58. The predicted octanol–water partition coefficient (Wildman–Crippen LogP) is 1.82. The monoisotopic (exact) mass is 290 g/mol. The molecule has 0 aliphatic rings. The normalized spacial score (nSPS) is 10.0. The van der Waals surface area contributed by atoms with Crippen molar-refractivity contribution in [2.45, 2.75) is 6.92 Å². The summed E-state index contributed by atoms with van der Waals surface area (Å²) in [6.07, 6.45) is 0.700. The Morgan fingerprint density at radius 1 is 1.38 bits per heavy atom. The Bertz CT molecular complexity index is 651. The van der Waals surface area contributed by atoms with Crippen molar-refractivity contribution >= 4 is 18.0 Å². The van der Waals surface area contributed by atoms with Gasteiger partial charge < -0.3 is 19.3 Å². The average molecular weight is 290 g/mol. The quantitative estimate of drug-likeness (QED) is 0.816. The second-order valence-corrected chi connectivity index (χ2v) is 4.19. The number of carbonyl (C=O) groups excluding carboxylic acids is 2. The standard InChI is InChI=1S/C14H14N2O5/c1-9-5-13(16-21-9)15-14(18)8-20-11-4-3-10(7-17)6-12(11)19-2/h3-7H,8H2,1-2H3,(H,15,16,18). The van der Waals surface area contributed by atoms with Gasteiger partial charge in [0.15, 0.2) is 23.9 Å². The first-order chi connectivity index (χ1) is 10.1. The van der Waals surface area contributed by atoms with Crippen LogP contribution < -0.4 is 14.8 Å². The molecular weight excluding hydrogens is 276 g/mol. The van der Waals surface area contributed by atoms with Crippen LogP contribution in [0.1, 0.15) is 16.1 Å². The van der Waals surface area contributed by atoms with Crippen molar-refractivity contribution in [3.05, 3.63) is 35.6 Å². The fraction of sp³-hybridized carbons (Fsp3) is 0.214. The lowest BCUT2D eigenvalue weighted by atomic mass is 10.2. The minimum Gasteiger partial charge on any atom is -0.493 e. The molecule has 2 rings (SSSR count). The Morgan fingerprint density at radius 2 is 2.19 bits per heavy atom. The SMILES string of the molecule is COc1cc(C=O)ccc1OCC(=O)Nc1cc(C)on1. The first kappa shape index (κ1) is 14.6. The third kappa shape index (κ3) is 3.82. The van der Waals surface area contributed by atoms with Crippen LogP contribution in [0.4, 0.5) is 5.82 Å². The molecule has 0 fully saturated rings. The molecular formula is C14H14N2O5. The smallest absolute Gasteiger partial charge is 0.263 e. The molecule has 7 heteroatoms. The number of nitrogens with one attached hydrogen (secondary N) is 1. The third-order valence-electron chi connectivity index (χ3n) is 2.58. The molecule has 7 nitrogen and oxygen atoms in total. The second-order valence-electron chi connectivity index (χ2n) is 4.19. The van der Waals surface area contributed by atoms with E-state index in [2.05, 4.69) is 10.5 Å². The summed E-state index contributed by atoms with van der Waals surface area (Å²) in [5, 5.41) is 6.17. The van der Waals surface area contributed by atoms with Crippen molar-refractivity contribution in [2.75, 3.05) is 19.0 Å². The summed E-state index contributed by atoms with van der Waals surface area (Å²) >= 11 is 0. The minimum absolute atomic E-state index is 0.220. The first-order valence-electron chi connectivity index (χ1n) is 6.11. The Balaban J connectivity index is 1.96. The molecule has 1 aromatic carbocycles. The fourth-order valence-electron chi connectivity index (χ4n) is 1.62. The maximum Gasteiger partial charge on any atom is 0.263 e. The van der Waals surface area contributed by atoms with Crippen molar-refractivity contribution in [2.24, 2.45) is 0 Å². The summed E-state index contributed by atoms with van der Waals surface area (Å²) in [7, 11) is 1.45. The molecule has 0 unspecified atom stereocenters. The summed E-state index contributed by atoms with van der Waals surface area (Å²) in [5.74, 6) is 1.28. The van der Waals surface area contributed by atoms with Gasteiger partial charge in [-0.15, -0.1) is 0 Å².